The topological polar surface area (TPSA) is 102 Å². The van der Waals surface area contributed by atoms with E-state index in [0.717, 1.165) is 35.2 Å². The van der Waals surface area contributed by atoms with Crippen LogP contribution in [0.2, 0.25) is 0 Å². The summed E-state index contributed by atoms with van der Waals surface area (Å²) in [6, 6.07) is 7.37. The van der Waals surface area contributed by atoms with Crippen molar-refractivity contribution >= 4 is 40.9 Å². The number of carbonyl (C=O) groups is 2. The van der Waals surface area contributed by atoms with Crippen LogP contribution >= 0.6 is 12.2 Å². The Bertz CT molecular complexity index is 1210. The van der Waals surface area contributed by atoms with Gasteiger partial charge in [-0.25, -0.2) is 0 Å². The Morgan fingerprint density at radius 1 is 1.21 bits per heavy atom. The van der Waals surface area contributed by atoms with Crippen molar-refractivity contribution in [3.63, 3.8) is 0 Å². The monoisotopic (exact) mass is 477 g/mol. The average Bonchev–Trinajstić information content (AvgIpc) is 2.74. The first-order valence-electron chi connectivity index (χ1n) is 9.14. The van der Waals surface area contributed by atoms with Gasteiger partial charge in [0, 0.05) is 12.6 Å². The molecule has 0 bridgehead atoms. The molecular weight excluding hydrogens is 463 g/mol. The smallest absolute Gasteiger partial charge is 0.416 e. The number of nitrogens with zero attached hydrogens (tertiary/aromatic N) is 2. The Hall–Kier alpha value is -4.06. The van der Waals surface area contributed by atoms with E-state index >= 15 is 0 Å². The molecule has 12 heteroatoms. The molecule has 1 aliphatic rings. The van der Waals surface area contributed by atoms with E-state index in [0.29, 0.717) is 6.07 Å². The van der Waals surface area contributed by atoms with Crippen LogP contribution in [-0.4, -0.2) is 33.3 Å². The summed E-state index contributed by atoms with van der Waals surface area (Å²) in [6.45, 7) is 3.55. The molecule has 3 rings (SSSR count). The summed E-state index contributed by atoms with van der Waals surface area (Å²) in [6.07, 6.45) is -2.07. The highest BCUT2D eigenvalue weighted by molar-refractivity contribution is 7.80. The van der Waals surface area contributed by atoms with E-state index < -0.39 is 34.2 Å². The molecule has 1 N–H and O–H groups in total. The standard InChI is InChI=1S/C21H14F3N3O5S/c1-2-8-26-19(29)15(18(28)25-20(26)33)9-12-6-7-17(16(10-12)27(30)31)32-14-5-3-4-13(11-14)21(22,23)24/h2-7,9-11H,1,8H2,(H,25,28,33)/b15-9+. The minimum atomic E-state index is -4.61. The lowest BCUT2D eigenvalue weighted by atomic mass is 10.1. The van der Waals surface area contributed by atoms with Gasteiger partial charge in [0.25, 0.3) is 11.8 Å². The van der Waals surface area contributed by atoms with Crippen molar-refractivity contribution in [2.45, 2.75) is 6.18 Å². The maximum Gasteiger partial charge on any atom is 0.416 e. The molecule has 0 radical (unpaired) electrons. The summed E-state index contributed by atoms with van der Waals surface area (Å²) in [5, 5.41) is 13.8. The Labute approximate surface area is 190 Å². The molecule has 0 spiro atoms. The fourth-order valence-corrected chi connectivity index (χ4v) is 3.12. The molecule has 33 heavy (non-hydrogen) atoms. The van der Waals surface area contributed by atoms with Gasteiger partial charge in [-0.3, -0.25) is 29.9 Å². The van der Waals surface area contributed by atoms with Gasteiger partial charge in [0.1, 0.15) is 11.3 Å². The lowest BCUT2D eigenvalue weighted by Crippen LogP contribution is -2.53. The molecule has 0 saturated carbocycles. The Balaban J connectivity index is 1.96. The van der Waals surface area contributed by atoms with Crippen LogP contribution in [-0.2, 0) is 15.8 Å². The molecule has 1 aliphatic heterocycles. The van der Waals surface area contributed by atoms with Gasteiger partial charge in [-0.15, -0.1) is 6.58 Å². The van der Waals surface area contributed by atoms with Crippen molar-refractivity contribution in [1.29, 1.82) is 0 Å². The number of ether oxygens (including phenoxy) is 1. The van der Waals surface area contributed by atoms with Crippen molar-refractivity contribution in [3.8, 4) is 11.5 Å². The van der Waals surface area contributed by atoms with Crippen LogP contribution in [0.15, 0.2) is 60.7 Å². The van der Waals surface area contributed by atoms with E-state index in [4.69, 9.17) is 17.0 Å². The van der Waals surface area contributed by atoms with Crippen LogP contribution in [0.3, 0.4) is 0 Å². The summed E-state index contributed by atoms with van der Waals surface area (Å²) in [5.41, 5.74) is -1.76. The van der Waals surface area contributed by atoms with E-state index in [-0.39, 0.29) is 34.3 Å². The summed E-state index contributed by atoms with van der Waals surface area (Å²) >= 11 is 4.95. The van der Waals surface area contributed by atoms with Crippen LogP contribution in [0.5, 0.6) is 11.5 Å². The highest BCUT2D eigenvalue weighted by atomic mass is 32.1. The van der Waals surface area contributed by atoms with Crippen LogP contribution in [0.1, 0.15) is 11.1 Å². The van der Waals surface area contributed by atoms with Crippen LogP contribution in [0.25, 0.3) is 6.08 Å². The zero-order valence-corrected chi connectivity index (χ0v) is 17.4. The highest BCUT2D eigenvalue weighted by Crippen LogP contribution is 2.36. The highest BCUT2D eigenvalue weighted by Gasteiger charge is 2.33. The van der Waals surface area contributed by atoms with E-state index in [1.165, 1.54) is 18.2 Å². The van der Waals surface area contributed by atoms with Crippen molar-refractivity contribution in [2.24, 2.45) is 0 Å². The molecule has 0 aromatic heterocycles. The number of alkyl halides is 3. The first-order chi connectivity index (χ1) is 15.5. The molecule has 0 atom stereocenters. The molecule has 0 aliphatic carbocycles. The number of carbonyl (C=O) groups excluding carboxylic acids is 2. The Morgan fingerprint density at radius 3 is 2.58 bits per heavy atom. The number of rotatable bonds is 6. The van der Waals surface area contributed by atoms with Crippen molar-refractivity contribution in [3.05, 3.63) is 81.9 Å². The second kappa shape index (κ2) is 9.20. The second-order valence-electron chi connectivity index (χ2n) is 6.63. The van der Waals surface area contributed by atoms with Crippen molar-refractivity contribution in [2.75, 3.05) is 6.54 Å². The number of nitro groups is 1. The fraction of sp³-hybridized carbons (Fsp3) is 0.0952. The first-order valence-corrected chi connectivity index (χ1v) is 9.55. The van der Waals surface area contributed by atoms with Crippen molar-refractivity contribution in [1.82, 2.24) is 10.2 Å². The molecule has 1 fully saturated rings. The summed E-state index contributed by atoms with van der Waals surface area (Å²) in [7, 11) is 0. The molecule has 170 valence electrons. The number of hydrogen-bond acceptors (Lipinski definition) is 6. The van der Waals surface area contributed by atoms with Crippen molar-refractivity contribution < 1.29 is 32.4 Å². The third kappa shape index (κ3) is 5.23. The summed E-state index contributed by atoms with van der Waals surface area (Å²) in [4.78, 5) is 36.6. The van der Waals surface area contributed by atoms with Gasteiger partial charge in [-0.1, -0.05) is 18.2 Å². The average molecular weight is 477 g/mol. The SMILES string of the molecule is C=CCN1C(=O)/C(=C/c2ccc(Oc3cccc(C(F)(F)F)c3)c([N+](=O)[O-])c2)C(=O)NC1=S. The van der Waals surface area contributed by atoms with Crippen LogP contribution in [0, 0.1) is 10.1 Å². The lowest BCUT2D eigenvalue weighted by Gasteiger charge is -2.27. The number of halogens is 3. The largest absolute Gasteiger partial charge is 0.450 e. The molecule has 0 unspecified atom stereocenters. The molecule has 1 heterocycles. The normalized spacial score (nSPS) is 15.4. The Morgan fingerprint density at radius 2 is 1.94 bits per heavy atom. The van der Waals surface area contributed by atoms with Gasteiger partial charge in [-0.2, -0.15) is 13.2 Å². The van der Waals surface area contributed by atoms with Gasteiger partial charge in [0.05, 0.1) is 10.5 Å². The third-order valence-corrected chi connectivity index (χ3v) is 4.70. The van der Waals surface area contributed by atoms with Gasteiger partial charge >= 0.3 is 11.9 Å². The molecule has 2 aromatic rings. The Kier molecular flexibility index (Phi) is 6.58. The quantitative estimate of drug-likeness (QED) is 0.167. The first kappa shape index (κ1) is 23.6. The second-order valence-corrected chi connectivity index (χ2v) is 7.02. The fourth-order valence-electron chi connectivity index (χ4n) is 2.87. The van der Waals surface area contributed by atoms with E-state index in [2.05, 4.69) is 11.9 Å². The van der Waals surface area contributed by atoms with E-state index in [9.17, 15) is 32.9 Å². The molecule has 2 aromatic carbocycles. The van der Waals surface area contributed by atoms with Gasteiger partial charge in [0.15, 0.2) is 5.11 Å². The maximum atomic E-state index is 12.9. The van der Waals surface area contributed by atoms with Gasteiger partial charge in [0.2, 0.25) is 5.75 Å². The van der Waals surface area contributed by atoms with Gasteiger partial charge in [-0.05, 0) is 48.1 Å². The molecular formula is C21H14F3N3O5S. The summed E-state index contributed by atoms with van der Waals surface area (Å²) in [5.74, 6) is -2.07. The lowest BCUT2D eigenvalue weighted by molar-refractivity contribution is -0.385. The van der Waals surface area contributed by atoms with Crippen LogP contribution in [0.4, 0.5) is 18.9 Å². The molecule has 2 amide bonds. The number of nitro benzene ring substituents is 1. The number of hydrogen-bond donors (Lipinski definition) is 1. The van der Waals surface area contributed by atoms with Gasteiger partial charge < -0.3 is 4.74 Å². The third-order valence-electron chi connectivity index (χ3n) is 4.38. The van der Waals surface area contributed by atoms with Crippen LogP contribution < -0.4 is 10.1 Å². The van der Waals surface area contributed by atoms with E-state index in [1.54, 1.807) is 0 Å². The van der Waals surface area contributed by atoms with E-state index in [1.807, 2.05) is 0 Å². The molecule has 1 saturated heterocycles. The minimum absolute atomic E-state index is 0.0409. The predicted molar refractivity (Wildman–Crippen MR) is 115 cm³/mol. The number of amides is 2. The zero-order valence-electron chi connectivity index (χ0n) is 16.6. The number of thiocarbonyl (C=S) groups is 1. The summed E-state index contributed by atoms with van der Waals surface area (Å²) < 4.78 is 44.0. The predicted octanol–water partition coefficient (Wildman–Crippen LogP) is 4.22. The maximum absolute atomic E-state index is 12.9. The number of benzene rings is 2. The number of nitrogens with one attached hydrogen (secondary N) is 1. The minimum Gasteiger partial charge on any atom is -0.450 e. The molecule has 8 nitrogen and oxygen atoms in total. The zero-order chi connectivity index (χ0) is 24.3.